The van der Waals surface area contributed by atoms with Crippen molar-refractivity contribution in [1.82, 2.24) is 19.9 Å². The quantitative estimate of drug-likeness (QED) is 0.114. The van der Waals surface area contributed by atoms with Gasteiger partial charge in [-0.15, -0.1) is 0 Å². The van der Waals surface area contributed by atoms with Crippen molar-refractivity contribution in [2.45, 2.75) is 27.2 Å². The summed E-state index contributed by atoms with van der Waals surface area (Å²) < 4.78 is 0. The van der Waals surface area contributed by atoms with Gasteiger partial charge < -0.3 is 20.6 Å². The summed E-state index contributed by atoms with van der Waals surface area (Å²) in [6.07, 6.45) is 11.0. The normalized spacial score (nSPS) is 16.6. The highest BCUT2D eigenvalue weighted by molar-refractivity contribution is 6.32. The predicted octanol–water partition coefficient (Wildman–Crippen LogP) is 13.5. The van der Waals surface area contributed by atoms with Gasteiger partial charge in [-0.1, -0.05) is 83.9 Å². The summed E-state index contributed by atoms with van der Waals surface area (Å²) in [7, 11) is 0. The van der Waals surface area contributed by atoms with Gasteiger partial charge in [-0.3, -0.25) is 28.8 Å². The van der Waals surface area contributed by atoms with E-state index in [1.807, 2.05) is 72.8 Å². The van der Waals surface area contributed by atoms with Crippen LogP contribution in [0.4, 0.5) is 11.4 Å². The summed E-state index contributed by atoms with van der Waals surface area (Å²) in [5.41, 5.74) is 18.5. The summed E-state index contributed by atoms with van der Waals surface area (Å²) in [5.74, 6) is -3.22. The van der Waals surface area contributed by atoms with Gasteiger partial charge in [0.15, 0.2) is 23.1 Å². The van der Waals surface area contributed by atoms with Gasteiger partial charge >= 0.3 is 0 Å². The second-order valence-corrected chi connectivity index (χ2v) is 21.0. The van der Waals surface area contributed by atoms with Gasteiger partial charge in [0.25, 0.3) is 5.91 Å². The minimum atomic E-state index is -0.631. The lowest BCUT2D eigenvalue weighted by Crippen LogP contribution is -2.31. The van der Waals surface area contributed by atoms with Crippen molar-refractivity contribution in [2.75, 3.05) is 10.6 Å². The molecule has 4 aliphatic carbocycles. The zero-order chi connectivity index (χ0) is 54.7. The molecule has 14 rings (SSSR count). The molecule has 0 unspecified atom stereocenters. The maximum absolute atomic E-state index is 14.2. The molecule has 0 radical (unpaired) electrons. The number of hydrogen-bond acceptors (Lipinski definition) is 8. The lowest BCUT2D eigenvalue weighted by molar-refractivity contribution is -0.115. The molecule has 8 aromatic rings. The molecule has 5 aromatic carbocycles. The highest BCUT2D eigenvalue weighted by Crippen LogP contribution is 2.56. The molecule has 5 heterocycles. The number of nitrogens with one attached hydrogen (secondary N) is 4. The van der Waals surface area contributed by atoms with E-state index in [1.165, 1.54) is 37.3 Å². The molecule has 4 N–H and O–H groups in total. The Morgan fingerprint density at radius 1 is 0.438 bits per heavy atom. The van der Waals surface area contributed by atoms with Crippen molar-refractivity contribution in [3.63, 3.8) is 0 Å². The highest BCUT2D eigenvalue weighted by atomic mass is 16.2. The van der Waals surface area contributed by atoms with Gasteiger partial charge in [-0.05, 0) is 146 Å². The van der Waals surface area contributed by atoms with Crippen LogP contribution in [0.25, 0.3) is 90.9 Å². The SMILES string of the molecule is CC(=O)Nc1ccc(-c2c3nc(c(-c4ccc(C)cc4)c4ccc([nH]4)c(-c4ccc(NC(=O)c5ccc6c(c5)C(=O)C5=C(C6=O)[C@H]6C[C@@H]5C5=C6C(=O)C=CC5=O)cc4)c4nc(c(-c5ccc(C)cc5)c5ccc2[nH]5)C=C4)C=C3)cc1. The van der Waals surface area contributed by atoms with E-state index in [2.05, 4.69) is 107 Å². The van der Waals surface area contributed by atoms with Gasteiger partial charge in [0.05, 0.1) is 22.8 Å². The number of benzene rings is 5. The van der Waals surface area contributed by atoms with Crippen molar-refractivity contribution in [1.29, 1.82) is 0 Å². The van der Waals surface area contributed by atoms with E-state index < -0.39 is 23.5 Å². The van der Waals surface area contributed by atoms with Crippen LogP contribution in [0.3, 0.4) is 0 Å². The lowest BCUT2D eigenvalue weighted by Gasteiger charge is -2.27. The molecule has 0 spiro atoms. The zero-order valence-electron chi connectivity index (χ0n) is 43.4. The summed E-state index contributed by atoms with van der Waals surface area (Å²) in [6, 6.07) is 44.8. The van der Waals surface area contributed by atoms with Crippen LogP contribution in [0.15, 0.2) is 174 Å². The number of rotatable bonds is 7. The monoisotopic (exact) mass is 1040 g/mol. The number of anilines is 2. The fourth-order valence-electron chi connectivity index (χ4n) is 12.3. The van der Waals surface area contributed by atoms with Crippen molar-refractivity contribution >= 4 is 92.7 Å². The third kappa shape index (κ3) is 7.82. The number of aryl methyl sites for hydroxylation is 2. The maximum atomic E-state index is 14.2. The molecule has 2 atom stereocenters. The predicted molar refractivity (Wildman–Crippen MR) is 312 cm³/mol. The van der Waals surface area contributed by atoms with Crippen molar-refractivity contribution in [3.05, 3.63) is 225 Å². The molecule has 6 aliphatic rings. The Morgan fingerprint density at radius 2 is 0.812 bits per heavy atom. The number of Topliss-reactive ketones (excluding diaryl/α,β-unsaturated/α-hetero) is 2. The zero-order valence-corrected chi connectivity index (χ0v) is 43.4. The Morgan fingerprint density at radius 3 is 1.21 bits per heavy atom. The molecule has 384 valence electrons. The standard InChI is InChI=1S/C68H46N6O6/c1-34-4-8-37(9-5-34)58-48-22-26-52(71-48)60(39-12-17-42(18-13-39)69-36(3)75)53-27-23-49(72-53)59(38-10-6-35(2)7-11-38)51-25-29-55(74-51)61(54-28-24-50(58)73-54)40-14-19-43(20-15-40)70-68(80)41-16-21-44-45(32-41)67(79)65-47-33-46(64(65)66(44)78)62-56(76)30-31-57(77)63(47)62/h4-32,46-47,71,74H,33H2,1-3H3,(H,69,75)(H,70,80)/t46-,47+/m0/s1. The Bertz CT molecular complexity index is 4460. The van der Waals surface area contributed by atoms with Gasteiger partial charge in [0.1, 0.15) is 0 Å². The number of aromatic amines is 2. The first-order chi connectivity index (χ1) is 38.8. The van der Waals surface area contributed by atoms with Crippen molar-refractivity contribution < 1.29 is 28.8 Å². The third-order valence-corrected chi connectivity index (χ3v) is 16.0. The first kappa shape index (κ1) is 48.0. The molecule has 12 heteroatoms. The molecule has 12 nitrogen and oxygen atoms in total. The third-order valence-electron chi connectivity index (χ3n) is 16.0. The number of carbonyl (C=O) groups excluding carboxylic acids is 6. The molecular formula is C68H46N6O6. The van der Waals surface area contributed by atoms with E-state index in [0.29, 0.717) is 40.2 Å². The topological polar surface area (TPSA) is 184 Å². The lowest BCUT2D eigenvalue weighted by atomic mass is 9.72. The molecule has 0 fully saturated rings. The first-order valence-electron chi connectivity index (χ1n) is 26.4. The Balaban J connectivity index is 0.885. The minimum absolute atomic E-state index is 0.103. The van der Waals surface area contributed by atoms with Gasteiger partial charge in [0, 0.05) is 113 Å². The number of ketones is 4. The van der Waals surface area contributed by atoms with Crippen LogP contribution in [0, 0.1) is 25.7 Å². The second kappa shape index (κ2) is 18.3. The number of allylic oxidation sites excluding steroid dienone is 6. The highest BCUT2D eigenvalue weighted by Gasteiger charge is 2.55. The van der Waals surface area contributed by atoms with Gasteiger partial charge in [-0.25, -0.2) is 9.97 Å². The Labute approximate surface area is 458 Å². The summed E-state index contributed by atoms with van der Waals surface area (Å²) >= 11 is 0. The molecular weight excluding hydrogens is 997 g/mol. The van der Waals surface area contributed by atoms with Crippen molar-refractivity contribution in [3.8, 4) is 44.5 Å². The first-order valence-corrected chi connectivity index (χ1v) is 26.4. The van der Waals surface area contributed by atoms with Crippen LogP contribution in [-0.2, 0) is 14.4 Å². The molecule has 10 bridgehead atoms. The van der Waals surface area contributed by atoms with E-state index in [-0.39, 0.29) is 45.5 Å². The largest absolute Gasteiger partial charge is 0.354 e. The fourth-order valence-corrected chi connectivity index (χ4v) is 12.3. The molecule has 80 heavy (non-hydrogen) atoms. The number of hydrogen-bond donors (Lipinski definition) is 4. The minimum Gasteiger partial charge on any atom is -0.354 e. The van der Waals surface area contributed by atoms with E-state index in [1.54, 1.807) is 0 Å². The Hall–Kier alpha value is -10.5. The number of aromatic nitrogens is 4. The molecule has 2 aliphatic heterocycles. The van der Waals surface area contributed by atoms with Crippen LogP contribution >= 0.6 is 0 Å². The Kier molecular flexibility index (Phi) is 11.0. The summed E-state index contributed by atoms with van der Waals surface area (Å²) in [4.78, 5) is 98.6. The number of H-pyrrole nitrogens is 2. The molecule has 0 saturated heterocycles. The van der Waals surface area contributed by atoms with Crippen LogP contribution < -0.4 is 10.6 Å². The van der Waals surface area contributed by atoms with Gasteiger partial charge in [0.2, 0.25) is 5.91 Å². The second-order valence-electron chi connectivity index (χ2n) is 21.0. The molecule has 2 amide bonds. The van der Waals surface area contributed by atoms with Crippen LogP contribution in [0.2, 0.25) is 0 Å². The average Bonchev–Trinajstić information content (AvgIpc) is 4.53. The number of amides is 2. The molecule has 0 saturated carbocycles. The van der Waals surface area contributed by atoms with E-state index in [9.17, 15) is 28.8 Å². The average molecular weight is 1040 g/mol. The summed E-state index contributed by atoms with van der Waals surface area (Å²) in [6.45, 7) is 5.61. The smallest absolute Gasteiger partial charge is 0.255 e. The van der Waals surface area contributed by atoms with Crippen molar-refractivity contribution in [2.24, 2.45) is 11.8 Å². The maximum Gasteiger partial charge on any atom is 0.255 e. The summed E-state index contributed by atoms with van der Waals surface area (Å²) in [5, 5.41) is 5.88. The van der Waals surface area contributed by atoms with E-state index >= 15 is 0 Å². The van der Waals surface area contributed by atoms with E-state index in [0.717, 1.165) is 94.8 Å². The molecule has 3 aromatic heterocycles. The fraction of sp³-hybridized carbons (Fsp3) is 0.0882. The number of nitrogens with zero attached hydrogens (tertiary/aromatic N) is 2. The number of fused-ring (bicyclic) bond motifs is 15. The van der Waals surface area contributed by atoms with Crippen LogP contribution in [0.5, 0.6) is 0 Å². The van der Waals surface area contributed by atoms with Crippen LogP contribution in [0.1, 0.15) is 78.3 Å². The van der Waals surface area contributed by atoms with E-state index in [4.69, 9.17) is 9.97 Å². The number of carbonyl (C=O) groups is 6. The van der Waals surface area contributed by atoms with Crippen LogP contribution in [-0.4, -0.2) is 54.9 Å². The van der Waals surface area contributed by atoms with Gasteiger partial charge in [-0.2, -0.15) is 0 Å².